The van der Waals surface area contributed by atoms with Gasteiger partial charge < -0.3 is 28.2 Å². The topological polar surface area (TPSA) is 126 Å². The number of nitrogens with zero attached hydrogens (tertiary/aromatic N) is 2. The Labute approximate surface area is 416 Å². The molecule has 0 saturated carbocycles. The van der Waals surface area contributed by atoms with Crippen molar-refractivity contribution < 1.29 is 64.1 Å². The number of aliphatic hydroxyl groups excluding tert-OH is 1. The number of thiazole rings is 2. The van der Waals surface area contributed by atoms with Crippen LogP contribution in [0.5, 0.6) is 0 Å². The van der Waals surface area contributed by atoms with E-state index in [9.17, 15) is 41.0 Å². The quantitative estimate of drug-likeness (QED) is 0.0923. The van der Waals surface area contributed by atoms with Crippen molar-refractivity contribution in [1.82, 2.24) is 9.97 Å². The summed E-state index contributed by atoms with van der Waals surface area (Å²) in [5, 5.41) is 12.3. The molecule has 2 aliphatic rings. The van der Waals surface area contributed by atoms with Gasteiger partial charge in [0.15, 0.2) is 6.61 Å². The molecule has 0 bridgehead atoms. The number of cyclic esters (lactones) is 2. The van der Waals surface area contributed by atoms with E-state index in [0.29, 0.717) is 16.4 Å². The van der Waals surface area contributed by atoms with Crippen LogP contribution >= 0.6 is 46.0 Å². The van der Waals surface area contributed by atoms with Gasteiger partial charge in [0.1, 0.15) is 56.1 Å². The van der Waals surface area contributed by atoms with E-state index < -0.39 is 71.6 Å². The van der Waals surface area contributed by atoms with Crippen LogP contribution in [0.2, 0.25) is 0 Å². The molecule has 0 amide bonds. The van der Waals surface area contributed by atoms with Gasteiger partial charge >= 0.3 is 24.3 Å². The maximum Gasteiger partial charge on any atom is 0.412 e. The molecule has 23 heteroatoms. The minimum absolute atomic E-state index is 0. The van der Waals surface area contributed by atoms with Crippen molar-refractivity contribution in [3.63, 3.8) is 0 Å². The van der Waals surface area contributed by atoms with Crippen molar-refractivity contribution in [2.45, 2.75) is 100 Å². The van der Waals surface area contributed by atoms with Gasteiger partial charge in [0, 0.05) is 34.2 Å². The molecular formula is C45H55ClF6N2O8P2S4. The Morgan fingerprint density at radius 1 is 0.676 bits per heavy atom. The lowest BCUT2D eigenvalue weighted by Gasteiger charge is -2.46. The highest BCUT2D eigenvalue weighted by atomic mass is 35.7. The number of carbonyl (C=O) groups is 2. The zero-order valence-corrected chi connectivity index (χ0v) is 44.4. The number of ether oxygens (including phenoxy) is 2. The Morgan fingerprint density at radius 2 is 1.04 bits per heavy atom. The van der Waals surface area contributed by atoms with Gasteiger partial charge in [0.25, 0.3) is 0 Å². The third kappa shape index (κ3) is 14.7. The van der Waals surface area contributed by atoms with E-state index in [2.05, 4.69) is 26.3 Å². The third-order valence-corrected chi connectivity index (χ3v) is 15.9. The summed E-state index contributed by atoms with van der Waals surface area (Å²) >= 11 is 17.8. The molecule has 10 nitrogen and oxygen atoms in total. The average Bonchev–Trinajstić information content (AvgIpc) is 3.77. The van der Waals surface area contributed by atoms with Crippen LogP contribution in [0.15, 0.2) is 72.2 Å². The van der Waals surface area contributed by atoms with E-state index in [-0.39, 0.29) is 30.1 Å². The van der Waals surface area contributed by atoms with Crippen LogP contribution in [-0.2, 0) is 56.2 Å². The first-order valence-corrected chi connectivity index (χ1v) is 28.9. The van der Waals surface area contributed by atoms with E-state index >= 15 is 0 Å². The zero-order chi connectivity index (χ0) is 50.9. The van der Waals surface area contributed by atoms with Crippen LogP contribution in [0.3, 0.4) is 0 Å². The van der Waals surface area contributed by atoms with E-state index in [1.165, 1.54) is 36.0 Å². The number of aliphatic hydroxyl groups is 1. The second kappa shape index (κ2) is 21.7. The van der Waals surface area contributed by atoms with Crippen molar-refractivity contribution in [2.24, 2.45) is 10.8 Å². The summed E-state index contributed by atoms with van der Waals surface area (Å²) in [6.07, 6.45) is -8.90. The summed E-state index contributed by atoms with van der Waals surface area (Å²) in [5.41, 5.74) is -3.16. The predicted octanol–water partition coefficient (Wildman–Crippen LogP) is 14.9. The van der Waals surface area contributed by atoms with Crippen LogP contribution in [-0.4, -0.2) is 77.1 Å². The SMILES string of the molecule is C.CP(=S)(Cl)OCC(F)(F)F.Cc1sc(-c2ccccc2)nc1C1=C(O)C(C)(C)C(C)(C)OC1=O.Cc1sc(-c2ccccc2)nc1C1=C(OP(C)(=S)OCC(F)(F)F)C(C)(C)C(C)(C)OC1=O. The van der Waals surface area contributed by atoms with Crippen molar-refractivity contribution in [2.75, 3.05) is 26.5 Å². The van der Waals surface area contributed by atoms with Crippen molar-refractivity contribution >= 4 is 92.7 Å². The molecule has 2 unspecified atom stereocenters. The van der Waals surface area contributed by atoms with Crippen LogP contribution < -0.4 is 0 Å². The molecule has 4 aromatic rings. The fourth-order valence-electron chi connectivity index (χ4n) is 6.00. The lowest BCUT2D eigenvalue weighted by atomic mass is 9.72. The maximum absolute atomic E-state index is 13.2. The monoisotopic (exact) mass is 1090 g/mol. The summed E-state index contributed by atoms with van der Waals surface area (Å²) in [4.78, 5) is 36.6. The van der Waals surface area contributed by atoms with Gasteiger partial charge in [-0.25, -0.2) is 19.6 Å². The van der Waals surface area contributed by atoms with E-state index in [4.69, 9.17) is 41.6 Å². The molecular weight excluding hydrogens is 1040 g/mol. The molecule has 0 spiro atoms. The Hall–Kier alpha value is -3.19. The maximum atomic E-state index is 13.2. The average molecular weight is 1090 g/mol. The fraction of sp³-hybridized carbons (Fsp3) is 0.467. The largest absolute Gasteiger partial charge is 0.511 e. The van der Waals surface area contributed by atoms with Crippen LogP contribution in [0.4, 0.5) is 26.3 Å². The predicted molar refractivity (Wildman–Crippen MR) is 267 cm³/mol. The lowest BCUT2D eigenvalue weighted by molar-refractivity contribution is -0.165. The summed E-state index contributed by atoms with van der Waals surface area (Å²) in [7, 11) is 0. The highest BCUT2D eigenvalue weighted by molar-refractivity contribution is 8.24. The van der Waals surface area contributed by atoms with E-state index in [1.807, 2.05) is 88.4 Å². The molecule has 68 heavy (non-hydrogen) atoms. The standard InChI is InChI=1S/C22H25F3NO4PS2.C19H21NO3S.C3H5ClF3OPS.CH4/c1-13-16(26-18(33-13)14-10-8-7-9-11-14)15-17(20(2,3)21(4,5)29-19(15)27)30-31(6,32)28-12-22(23,24)25;1-11-14(20-16(24-11)12-9-7-6-8-10-12)13-15(21)18(2,3)19(4,5)23-17(13)22;1-9(4,10)8-2-3(5,6)7;/h7-11H,12H2,1-6H3;6-10,21H,1-5H3;2H2,1H3;1H4. The third-order valence-electron chi connectivity index (χ3n) is 11.0. The Kier molecular flexibility index (Phi) is 18.8. The summed E-state index contributed by atoms with van der Waals surface area (Å²) in [5.74, 6) is -1.03. The minimum Gasteiger partial charge on any atom is -0.511 e. The number of hydrogen-bond acceptors (Lipinski definition) is 14. The number of benzene rings is 2. The van der Waals surface area contributed by atoms with Gasteiger partial charge in [-0.15, -0.1) is 22.7 Å². The smallest absolute Gasteiger partial charge is 0.412 e. The van der Waals surface area contributed by atoms with Gasteiger partial charge in [0.2, 0.25) is 6.49 Å². The van der Waals surface area contributed by atoms with Gasteiger partial charge in [-0.05, 0) is 81.0 Å². The number of aromatic nitrogens is 2. The van der Waals surface area contributed by atoms with Gasteiger partial charge in [-0.1, -0.05) is 91.1 Å². The number of halogens is 7. The first-order chi connectivity index (χ1) is 30.4. The summed E-state index contributed by atoms with van der Waals surface area (Å²) in [6.45, 7) is 14.3. The Morgan fingerprint density at radius 3 is 1.43 bits per heavy atom. The molecule has 0 saturated heterocycles. The first kappa shape index (κ1) is 59.1. The van der Waals surface area contributed by atoms with Gasteiger partial charge in [-0.3, -0.25) is 0 Å². The normalized spacial score (nSPS) is 19.1. The molecule has 2 aromatic carbocycles. The minimum atomic E-state index is -4.56. The molecule has 2 atom stereocenters. The highest BCUT2D eigenvalue weighted by Crippen LogP contribution is 2.57. The number of carbonyl (C=O) groups excluding carboxylic acids is 2. The fourth-order valence-corrected chi connectivity index (χ4v) is 10.0. The second-order valence-corrected chi connectivity index (χ2v) is 30.2. The molecule has 376 valence electrons. The van der Waals surface area contributed by atoms with E-state index in [0.717, 1.165) is 25.9 Å². The summed E-state index contributed by atoms with van der Waals surface area (Å²) < 4.78 is 98.8. The number of aryl methyl sites for hydroxylation is 2. The molecule has 6 rings (SSSR count). The number of alkyl halides is 6. The first-order valence-electron chi connectivity index (χ1n) is 20.1. The molecule has 2 aromatic heterocycles. The Bertz CT molecular complexity index is 2620. The van der Waals surface area contributed by atoms with Crippen molar-refractivity contribution in [1.29, 1.82) is 0 Å². The summed E-state index contributed by atoms with van der Waals surface area (Å²) in [6, 6.07) is 19.2. The lowest BCUT2D eigenvalue weighted by Crippen LogP contribution is -2.49. The Balaban J connectivity index is 0.000000306. The molecule has 1 N–H and O–H groups in total. The second-order valence-electron chi connectivity index (χ2n) is 17.4. The number of rotatable bonds is 10. The zero-order valence-electron chi connectivity index (χ0n) is 38.6. The van der Waals surface area contributed by atoms with E-state index in [1.54, 1.807) is 41.5 Å². The number of hydrogen-bond donors (Lipinski definition) is 1. The molecule has 2 aliphatic heterocycles. The highest BCUT2D eigenvalue weighted by Gasteiger charge is 2.54. The molecule has 4 heterocycles. The van der Waals surface area contributed by atoms with Crippen LogP contribution in [0, 0.1) is 24.7 Å². The van der Waals surface area contributed by atoms with Gasteiger partial charge in [0.05, 0.1) is 22.2 Å². The number of esters is 2. The van der Waals surface area contributed by atoms with Gasteiger partial charge in [-0.2, -0.15) is 26.3 Å². The molecule has 0 radical (unpaired) electrons. The molecule has 0 aliphatic carbocycles. The van der Waals surface area contributed by atoms with Crippen LogP contribution in [0.1, 0.15) is 84.0 Å². The van der Waals surface area contributed by atoms with Crippen LogP contribution in [0.25, 0.3) is 32.3 Å². The van der Waals surface area contributed by atoms with Crippen molar-refractivity contribution in [3.05, 3.63) is 93.3 Å². The molecule has 0 fully saturated rings. The van der Waals surface area contributed by atoms with Crippen molar-refractivity contribution in [3.8, 4) is 21.1 Å².